The maximum absolute atomic E-state index is 12.3. The normalized spacial score (nSPS) is 10.7. The molecule has 1 aromatic carbocycles. The van der Waals surface area contributed by atoms with Crippen molar-refractivity contribution >= 4 is 23.1 Å². The lowest BCUT2D eigenvalue weighted by atomic mass is 10.2. The molecule has 0 aliphatic heterocycles. The maximum atomic E-state index is 12.3. The number of methoxy groups -OCH3 is 1. The maximum Gasteiger partial charge on any atom is 0.257 e. The van der Waals surface area contributed by atoms with Crippen LogP contribution in [0.15, 0.2) is 36.8 Å². The number of anilines is 1. The Labute approximate surface area is 144 Å². The van der Waals surface area contributed by atoms with Crippen molar-refractivity contribution in [1.29, 1.82) is 0 Å². The van der Waals surface area contributed by atoms with Gasteiger partial charge in [0.05, 0.1) is 25.5 Å². The summed E-state index contributed by atoms with van der Waals surface area (Å²) in [5, 5.41) is 9.46. The van der Waals surface area contributed by atoms with Crippen molar-refractivity contribution in [2.24, 2.45) is 7.05 Å². The highest BCUT2D eigenvalue weighted by atomic mass is 16.5. The largest absolute Gasteiger partial charge is 0.495 e. The van der Waals surface area contributed by atoms with Gasteiger partial charge in [-0.1, -0.05) is 6.07 Å². The standard InChI is InChI=1S/C17H19N5O3/c1-11-4-5-14(25-3)13(8-11)20-15(23)10-18-16(24)12-9-19-22-7-6-21(2)17(12)22/h4-9H,10H2,1-3H3,(H,18,24)(H,20,23). The zero-order valence-electron chi connectivity index (χ0n) is 14.2. The summed E-state index contributed by atoms with van der Waals surface area (Å²) in [6, 6.07) is 5.48. The molecule has 0 aliphatic carbocycles. The molecule has 0 bridgehead atoms. The first-order valence-electron chi connectivity index (χ1n) is 7.71. The van der Waals surface area contributed by atoms with E-state index < -0.39 is 0 Å². The smallest absolute Gasteiger partial charge is 0.257 e. The zero-order chi connectivity index (χ0) is 18.0. The van der Waals surface area contributed by atoms with E-state index in [-0.39, 0.29) is 18.4 Å². The molecule has 3 aromatic rings. The van der Waals surface area contributed by atoms with E-state index >= 15 is 0 Å². The fraction of sp³-hybridized carbons (Fsp3) is 0.235. The second-order valence-corrected chi connectivity index (χ2v) is 5.67. The molecule has 130 valence electrons. The lowest BCUT2D eigenvalue weighted by molar-refractivity contribution is -0.115. The number of hydrogen-bond donors (Lipinski definition) is 2. The Hall–Kier alpha value is -3.29. The Morgan fingerprint density at radius 1 is 1.28 bits per heavy atom. The Kier molecular flexibility index (Phi) is 4.42. The molecule has 2 amide bonds. The summed E-state index contributed by atoms with van der Waals surface area (Å²) in [5.41, 5.74) is 2.63. The molecule has 25 heavy (non-hydrogen) atoms. The summed E-state index contributed by atoms with van der Waals surface area (Å²) >= 11 is 0. The van der Waals surface area contributed by atoms with Gasteiger partial charge in [-0.2, -0.15) is 5.10 Å². The third-order valence-electron chi connectivity index (χ3n) is 3.82. The first-order chi connectivity index (χ1) is 12.0. The van der Waals surface area contributed by atoms with Gasteiger partial charge < -0.3 is 19.9 Å². The lowest BCUT2D eigenvalue weighted by Crippen LogP contribution is -2.33. The number of amides is 2. The van der Waals surface area contributed by atoms with E-state index in [1.165, 1.54) is 13.3 Å². The number of nitrogens with zero attached hydrogens (tertiary/aromatic N) is 3. The fourth-order valence-corrected chi connectivity index (χ4v) is 2.58. The topological polar surface area (TPSA) is 89.7 Å². The molecular formula is C17H19N5O3. The molecule has 0 saturated carbocycles. The number of benzene rings is 1. The van der Waals surface area contributed by atoms with Gasteiger partial charge in [0.25, 0.3) is 5.91 Å². The van der Waals surface area contributed by atoms with Crippen LogP contribution in [0.1, 0.15) is 15.9 Å². The van der Waals surface area contributed by atoms with Gasteiger partial charge in [0.1, 0.15) is 17.0 Å². The van der Waals surface area contributed by atoms with Gasteiger partial charge in [-0.25, -0.2) is 4.52 Å². The minimum atomic E-state index is -0.358. The summed E-state index contributed by atoms with van der Waals surface area (Å²) in [6.07, 6.45) is 5.03. The minimum Gasteiger partial charge on any atom is -0.495 e. The van der Waals surface area contributed by atoms with E-state index in [9.17, 15) is 9.59 Å². The van der Waals surface area contributed by atoms with Crippen LogP contribution in [0.3, 0.4) is 0 Å². The van der Waals surface area contributed by atoms with Gasteiger partial charge in [-0.05, 0) is 24.6 Å². The molecular weight excluding hydrogens is 322 g/mol. The lowest BCUT2D eigenvalue weighted by Gasteiger charge is -2.11. The highest BCUT2D eigenvalue weighted by Gasteiger charge is 2.16. The van der Waals surface area contributed by atoms with Crippen molar-refractivity contribution in [2.45, 2.75) is 6.92 Å². The zero-order valence-corrected chi connectivity index (χ0v) is 14.2. The molecule has 0 spiro atoms. The molecule has 0 saturated heterocycles. The van der Waals surface area contributed by atoms with Gasteiger partial charge in [0, 0.05) is 19.4 Å². The predicted molar refractivity (Wildman–Crippen MR) is 92.9 cm³/mol. The number of aryl methyl sites for hydroxylation is 2. The first kappa shape index (κ1) is 16.6. The van der Waals surface area contributed by atoms with Crippen molar-refractivity contribution < 1.29 is 14.3 Å². The molecule has 3 rings (SSSR count). The van der Waals surface area contributed by atoms with E-state index in [0.717, 1.165) is 5.56 Å². The van der Waals surface area contributed by atoms with Crippen LogP contribution in [0.5, 0.6) is 5.75 Å². The van der Waals surface area contributed by atoms with Gasteiger partial charge in [-0.15, -0.1) is 0 Å². The highest BCUT2D eigenvalue weighted by Crippen LogP contribution is 2.24. The van der Waals surface area contributed by atoms with Gasteiger partial charge in [-0.3, -0.25) is 9.59 Å². The molecule has 0 atom stereocenters. The van der Waals surface area contributed by atoms with Crippen LogP contribution in [0.4, 0.5) is 5.69 Å². The van der Waals surface area contributed by atoms with Crippen LogP contribution in [0.2, 0.25) is 0 Å². The summed E-state index contributed by atoms with van der Waals surface area (Å²) < 4.78 is 8.62. The van der Waals surface area contributed by atoms with Crippen molar-refractivity contribution in [3.05, 3.63) is 47.9 Å². The SMILES string of the molecule is COc1ccc(C)cc1NC(=O)CNC(=O)c1cnn2ccn(C)c12. The van der Waals surface area contributed by atoms with E-state index in [1.54, 1.807) is 27.5 Å². The number of carbonyl (C=O) groups is 2. The third kappa shape index (κ3) is 3.32. The Morgan fingerprint density at radius 3 is 2.84 bits per heavy atom. The Bertz CT molecular complexity index is 941. The van der Waals surface area contributed by atoms with Crippen molar-refractivity contribution in [3.8, 4) is 5.75 Å². The minimum absolute atomic E-state index is 0.155. The number of imidazole rings is 1. The second kappa shape index (κ2) is 6.68. The van der Waals surface area contributed by atoms with E-state index in [1.807, 2.05) is 26.1 Å². The average molecular weight is 341 g/mol. The highest BCUT2D eigenvalue weighted by molar-refractivity contribution is 6.03. The summed E-state index contributed by atoms with van der Waals surface area (Å²) in [7, 11) is 3.36. The third-order valence-corrected chi connectivity index (χ3v) is 3.82. The number of rotatable bonds is 5. The number of aromatic nitrogens is 3. The van der Waals surface area contributed by atoms with Crippen LogP contribution in [0, 0.1) is 6.92 Å². The Morgan fingerprint density at radius 2 is 2.08 bits per heavy atom. The molecule has 8 heteroatoms. The molecule has 0 aliphatic rings. The molecule has 0 unspecified atom stereocenters. The molecule has 2 N–H and O–H groups in total. The van der Waals surface area contributed by atoms with Crippen molar-refractivity contribution in [1.82, 2.24) is 19.5 Å². The van der Waals surface area contributed by atoms with Gasteiger partial charge in [0.2, 0.25) is 5.91 Å². The number of nitrogens with one attached hydrogen (secondary N) is 2. The monoisotopic (exact) mass is 341 g/mol. The van der Waals surface area contributed by atoms with Crippen LogP contribution < -0.4 is 15.4 Å². The number of carbonyl (C=O) groups excluding carboxylic acids is 2. The first-order valence-corrected chi connectivity index (χ1v) is 7.71. The number of ether oxygens (including phenoxy) is 1. The Balaban J connectivity index is 1.65. The van der Waals surface area contributed by atoms with Gasteiger partial charge in [0.15, 0.2) is 0 Å². The summed E-state index contributed by atoms with van der Waals surface area (Å²) in [6.45, 7) is 1.76. The molecule has 8 nitrogen and oxygen atoms in total. The molecule has 0 radical (unpaired) electrons. The number of hydrogen-bond acceptors (Lipinski definition) is 4. The van der Waals surface area contributed by atoms with Crippen LogP contribution in [-0.2, 0) is 11.8 Å². The van der Waals surface area contributed by atoms with E-state index in [0.29, 0.717) is 22.6 Å². The van der Waals surface area contributed by atoms with Gasteiger partial charge >= 0.3 is 0 Å². The van der Waals surface area contributed by atoms with Crippen LogP contribution in [0.25, 0.3) is 5.65 Å². The summed E-state index contributed by atoms with van der Waals surface area (Å²) in [4.78, 5) is 24.5. The van der Waals surface area contributed by atoms with Crippen molar-refractivity contribution in [3.63, 3.8) is 0 Å². The quantitative estimate of drug-likeness (QED) is 0.733. The average Bonchev–Trinajstić information content (AvgIpc) is 3.16. The predicted octanol–water partition coefficient (Wildman–Crippen LogP) is 1.36. The van der Waals surface area contributed by atoms with E-state index in [2.05, 4.69) is 15.7 Å². The molecule has 0 fully saturated rings. The fourth-order valence-electron chi connectivity index (χ4n) is 2.58. The second-order valence-electron chi connectivity index (χ2n) is 5.67. The van der Waals surface area contributed by atoms with Crippen LogP contribution in [-0.4, -0.2) is 39.7 Å². The number of fused-ring (bicyclic) bond motifs is 1. The molecule has 2 aromatic heterocycles. The molecule has 2 heterocycles. The van der Waals surface area contributed by atoms with Crippen LogP contribution >= 0.6 is 0 Å². The van der Waals surface area contributed by atoms with E-state index in [4.69, 9.17) is 4.74 Å². The summed E-state index contributed by atoms with van der Waals surface area (Å²) in [5.74, 6) is -0.136. The van der Waals surface area contributed by atoms with Crippen molar-refractivity contribution in [2.75, 3.05) is 19.0 Å².